The quantitative estimate of drug-likeness (QED) is 0.681. The molecule has 0 saturated carbocycles. The molecule has 1 aliphatic rings. The highest BCUT2D eigenvalue weighted by Crippen LogP contribution is 2.29. The fourth-order valence-electron chi connectivity index (χ4n) is 3.78. The molecule has 3 heterocycles. The summed E-state index contributed by atoms with van der Waals surface area (Å²) in [5.41, 5.74) is 2.17. The molecule has 5 nitrogen and oxygen atoms in total. The van der Waals surface area contributed by atoms with Gasteiger partial charge in [0.25, 0.3) is 0 Å². The number of halogens is 1. The Morgan fingerprint density at radius 3 is 2.76 bits per heavy atom. The van der Waals surface area contributed by atoms with E-state index in [9.17, 15) is 4.39 Å². The van der Waals surface area contributed by atoms with E-state index in [2.05, 4.69) is 39.4 Å². The Kier molecular flexibility index (Phi) is 4.13. The van der Waals surface area contributed by atoms with Gasteiger partial charge in [0.2, 0.25) is 5.95 Å². The number of benzene rings is 1. The standard InChI is InChI=1S/C19H22FN5/c1-11-8-13(9-12(2)23-11)24-19-21-7-6-17(25-19)15-10-22-18-14(15)4-3-5-16(18)20/h3-7,10-13,22-23H,8-9H2,1-2H3,(H,21,24,25)/t11-,12+,13+. The first kappa shape index (κ1) is 16.0. The zero-order valence-electron chi connectivity index (χ0n) is 14.4. The van der Waals surface area contributed by atoms with Gasteiger partial charge in [-0.15, -0.1) is 0 Å². The summed E-state index contributed by atoms with van der Waals surface area (Å²) in [4.78, 5) is 12.0. The lowest BCUT2D eigenvalue weighted by Gasteiger charge is -2.33. The molecule has 0 amide bonds. The minimum absolute atomic E-state index is 0.256. The van der Waals surface area contributed by atoms with Crippen LogP contribution in [0.25, 0.3) is 22.2 Å². The molecule has 2 aromatic heterocycles. The normalized spacial score (nSPS) is 23.7. The van der Waals surface area contributed by atoms with Gasteiger partial charge in [-0.25, -0.2) is 14.4 Å². The largest absolute Gasteiger partial charge is 0.358 e. The molecule has 1 aliphatic heterocycles. The van der Waals surface area contributed by atoms with Crippen LogP contribution < -0.4 is 10.6 Å². The molecule has 0 aliphatic carbocycles. The molecule has 4 rings (SSSR count). The van der Waals surface area contributed by atoms with Gasteiger partial charge in [0.05, 0.1) is 11.2 Å². The molecule has 3 atom stereocenters. The predicted molar refractivity (Wildman–Crippen MR) is 98.0 cm³/mol. The number of H-pyrrole nitrogens is 1. The zero-order chi connectivity index (χ0) is 17.4. The Morgan fingerprint density at radius 1 is 1.16 bits per heavy atom. The molecule has 1 aromatic carbocycles. The number of rotatable bonds is 3. The van der Waals surface area contributed by atoms with Crippen LogP contribution in [0.3, 0.4) is 0 Å². The summed E-state index contributed by atoms with van der Waals surface area (Å²) in [7, 11) is 0. The summed E-state index contributed by atoms with van der Waals surface area (Å²) in [5.74, 6) is 0.364. The molecule has 1 saturated heterocycles. The molecule has 0 bridgehead atoms. The van der Waals surface area contributed by atoms with Crippen LogP contribution in [0.15, 0.2) is 36.7 Å². The van der Waals surface area contributed by atoms with Crippen LogP contribution in [-0.4, -0.2) is 33.1 Å². The third kappa shape index (κ3) is 3.22. The number of aromatic nitrogens is 3. The van der Waals surface area contributed by atoms with Gasteiger partial charge in [0.1, 0.15) is 5.82 Å². The molecule has 0 radical (unpaired) electrons. The van der Waals surface area contributed by atoms with Gasteiger partial charge in [-0.2, -0.15) is 0 Å². The molecule has 3 aromatic rings. The monoisotopic (exact) mass is 339 g/mol. The Bertz CT molecular complexity index is 880. The van der Waals surface area contributed by atoms with Crippen molar-refractivity contribution in [3.63, 3.8) is 0 Å². The first-order chi connectivity index (χ1) is 12.1. The second-order valence-corrected chi connectivity index (χ2v) is 6.91. The van der Waals surface area contributed by atoms with Crippen molar-refractivity contribution in [3.8, 4) is 11.3 Å². The minimum Gasteiger partial charge on any atom is -0.358 e. The first-order valence-electron chi connectivity index (χ1n) is 8.72. The van der Waals surface area contributed by atoms with E-state index in [4.69, 9.17) is 0 Å². The third-order valence-electron chi connectivity index (χ3n) is 4.77. The SMILES string of the molecule is C[C@@H]1C[C@H](Nc2nccc(-c3c[nH]c4c(F)cccc34)n2)C[C@H](C)N1. The second-order valence-electron chi connectivity index (χ2n) is 6.91. The maximum absolute atomic E-state index is 13.9. The van der Waals surface area contributed by atoms with Gasteiger partial charge < -0.3 is 15.6 Å². The second kappa shape index (κ2) is 6.44. The molecular weight excluding hydrogens is 317 g/mol. The van der Waals surface area contributed by atoms with Crippen LogP contribution in [0.4, 0.5) is 10.3 Å². The number of para-hydroxylation sites is 1. The number of nitrogens with zero attached hydrogens (tertiary/aromatic N) is 2. The molecule has 3 N–H and O–H groups in total. The van der Waals surface area contributed by atoms with Crippen LogP contribution in [0.2, 0.25) is 0 Å². The zero-order valence-corrected chi connectivity index (χ0v) is 14.4. The van der Waals surface area contributed by atoms with Crippen LogP contribution >= 0.6 is 0 Å². The highest BCUT2D eigenvalue weighted by molar-refractivity contribution is 5.94. The van der Waals surface area contributed by atoms with Crippen molar-refractivity contribution in [1.29, 1.82) is 0 Å². The maximum Gasteiger partial charge on any atom is 0.223 e. The fraction of sp³-hybridized carbons (Fsp3) is 0.368. The molecule has 6 heteroatoms. The van der Waals surface area contributed by atoms with E-state index >= 15 is 0 Å². The lowest BCUT2D eigenvalue weighted by Crippen LogP contribution is -2.46. The van der Waals surface area contributed by atoms with E-state index in [0.717, 1.165) is 29.5 Å². The lowest BCUT2D eigenvalue weighted by atomic mass is 9.95. The Morgan fingerprint density at radius 2 is 1.96 bits per heavy atom. The van der Waals surface area contributed by atoms with Crippen molar-refractivity contribution in [2.45, 2.75) is 44.8 Å². The van der Waals surface area contributed by atoms with E-state index < -0.39 is 0 Å². The van der Waals surface area contributed by atoms with Crippen LogP contribution in [0.1, 0.15) is 26.7 Å². The molecule has 0 unspecified atom stereocenters. The van der Waals surface area contributed by atoms with Gasteiger partial charge in [0.15, 0.2) is 0 Å². The van der Waals surface area contributed by atoms with E-state index in [-0.39, 0.29) is 5.82 Å². The number of piperidine rings is 1. The van der Waals surface area contributed by atoms with E-state index in [1.807, 2.05) is 12.1 Å². The number of fused-ring (bicyclic) bond motifs is 1. The third-order valence-corrected chi connectivity index (χ3v) is 4.77. The number of anilines is 1. The van der Waals surface area contributed by atoms with Crippen molar-refractivity contribution < 1.29 is 4.39 Å². The van der Waals surface area contributed by atoms with Gasteiger partial charge in [-0.3, -0.25) is 0 Å². The number of aromatic amines is 1. The van der Waals surface area contributed by atoms with E-state index in [0.29, 0.717) is 29.6 Å². The molecule has 25 heavy (non-hydrogen) atoms. The summed E-state index contributed by atoms with van der Waals surface area (Å²) in [6.07, 6.45) is 5.62. The molecule has 1 fully saturated rings. The molecular formula is C19H22FN5. The van der Waals surface area contributed by atoms with Crippen LogP contribution in [0, 0.1) is 5.82 Å². The van der Waals surface area contributed by atoms with Crippen molar-refractivity contribution >= 4 is 16.9 Å². The van der Waals surface area contributed by atoms with Crippen molar-refractivity contribution in [3.05, 3.63) is 42.5 Å². The minimum atomic E-state index is -0.256. The Hall–Kier alpha value is -2.47. The highest BCUT2D eigenvalue weighted by Gasteiger charge is 2.23. The lowest BCUT2D eigenvalue weighted by molar-refractivity contribution is 0.329. The topological polar surface area (TPSA) is 65.6 Å². The summed E-state index contributed by atoms with van der Waals surface area (Å²) in [6, 6.07) is 8.22. The van der Waals surface area contributed by atoms with Crippen molar-refractivity contribution in [2.24, 2.45) is 0 Å². The highest BCUT2D eigenvalue weighted by atomic mass is 19.1. The van der Waals surface area contributed by atoms with Gasteiger partial charge in [0, 0.05) is 41.5 Å². The summed E-state index contributed by atoms with van der Waals surface area (Å²) < 4.78 is 13.9. The maximum atomic E-state index is 13.9. The fourth-order valence-corrected chi connectivity index (χ4v) is 3.78. The van der Waals surface area contributed by atoms with Gasteiger partial charge in [-0.05, 0) is 38.8 Å². The van der Waals surface area contributed by atoms with Gasteiger partial charge in [-0.1, -0.05) is 12.1 Å². The van der Waals surface area contributed by atoms with Crippen LogP contribution in [0.5, 0.6) is 0 Å². The molecule has 130 valence electrons. The van der Waals surface area contributed by atoms with Gasteiger partial charge >= 0.3 is 0 Å². The summed E-state index contributed by atoms with van der Waals surface area (Å²) in [6.45, 7) is 4.39. The number of hydrogen-bond donors (Lipinski definition) is 3. The Labute approximate surface area is 146 Å². The van der Waals surface area contributed by atoms with Crippen molar-refractivity contribution in [2.75, 3.05) is 5.32 Å². The molecule has 0 spiro atoms. The van der Waals surface area contributed by atoms with Crippen LogP contribution in [-0.2, 0) is 0 Å². The smallest absolute Gasteiger partial charge is 0.223 e. The number of nitrogens with one attached hydrogen (secondary N) is 3. The van der Waals surface area contributed by atoms with Crippen molar-refractivity contribution in [1.82, 2.24) is 20.3 Å². The Balaban J connectivity index is 1.62. The summed E-state index contributed by atoms with van der Waals surface area (Å²) >= 11 is 0. The summed E-state index contributed by atoms with van der Waals surface area (Å²) in [5, 5.41) is 7.82. The average Bonchev–Trinajstić information content (AvgIpc) is 2.99. The van der Waals surface area contributed by atoms with E-state index in [1.165, 1.54) is 6.07 Å². The van der Waals surface area contributed by atoms with E-state index in [1.54, 1.807) is 18.5 Å². The predicted octanol–water partition coefficient (Wildman–Crippen LogP) is 3.70. The number of hydrogen-bond acceptors (Lipinski definition) is 4. The average molecular weight is 339 g/mol. The first-order valence-corrected chi connectivity index (χ1v) is 8.72.